The van der Waals surface area contributed by atoms with Gasteiger partial charge < -0.3 is 9.84 Å². The lowest BCUT2D eigenvalue weighted by molar-refractivity contribution is -0.132. The zero-order chi connectivity index (χ0) is 20.7. The first kappa shape index (κ1) is 18.8. The maximum atomic E-state index is 12.9. The monoisotopic (exact) mass is 411 g/mol. The first-order chi connectivity index (χ1) is 13.9. The Labute approximate surface area is 169 Å². The van der Waals surface area contributed by atoms with Gasteiger partial charge in [0.25, 0.3) is 5.78 Å². The molecule has 1 aromatic carbocycles. The van der Waals surface area contributed by atoms with Crippen LogP contribution in [0.5, 0.6) is 5.75 Å². The third-order valence-electron chi connectivity index (χ3n) is 4.72. The maximum Gasteiger partial charge on any atom is 0.301 e. The number of carbonyl (C=O) groups excluding carboxylic acids is 2. The molecule has 29 heavy (non-hydrogen) atoms. The second-order valence-corrected chi connectivity index (χ2v) is 7.33. The first-order valence-electron chi connectivity index (χ1n) is 8.63. The molecule has 0 spiro atoms. The predicted octanol–water partition coefficient (Wildman–Crippen LogP) is 2.21. The van der Waals surface area contributed by atoms with Crippen molar-refractivity contribution in [3.05, 3.63) is 58.4 Å². The molecule has 9 nitrogen and oxygen atoms in total. The Morgan fingerprint density at radius 2 is 2.10 bits per heavy atom. The van der Waals surface area contributed by atoms with Crippen LogP contribution < -0.4 is 9.64 Å². The van der Waals surface area contributed by atoms with Gasteiger partial charge in [-0.15, -0.1) is 10.2 Å². The van der Waals surface area contributed by atoms with Crippen molar-refractivity contribution >= 4 is 33.9 Å². The molecule has 0 radical (unpaired) electrons. The topological polar surface area (TPSA) is 110 Å². The quantitative estimate of drug-likeness (QED) is 0.398. The van der Waals surface area contributed by atoms with Gasteiger partial charge >= 0.3 is 5.91 Å². The Bertz CT molecular complexity index is 1140. The summed E-state index contributed by atoms with van der Waals surface area (Å²) in [5.41, 5.74) is 3.25. The number of amides is 1. The first-order valence-corrected chi connectivity index (χ1v) is 9.51. The van der Waals surface area contributed by atoms with Gasteiger partial charge in [-0.2, -0.15) is 5.10 Å². The van der Waals surface area contributed by atoms with E-state index in [2.05, 4.69) is 15.3 Å². The largest absolute Gasteiger partial charge is 0.507 e. The lowest BCUT2D eigenvalue weighted by atomic mass is 9.97. The van der Waals surface area contributed by atoms with Crippen molar-refractivity contribution in [1.29, 1.82) is 0 Å². The number of methoxy groups -OCH3 is 1. The van der Waals surface area contributed by atoms with Gasteiger partial charge in [-0.3, -0.25) is 19.2 Å². The minimum Gasteiger partial charge on any atom is -0.507 e. The van der Waals surface area contributed by atoms with Crippen LogP contribution in [0.4, 0.5) is 5.13 Å². The van der Waals surface area contributed by atoms with Crippen molar-refractivity contribution in [2.45, 2.75) is 13.0 Å². The van der Waals surface area contributed by atoms with E-state index in [1.165, 1.54) is 17.5 Å². The van der Waals surface area contributed by atoms with Crippen LogP contribution in [0.2, 0.25) is 0 Å². The van der Waals surface area contributed by atoms with Gasteiger partial charge in [0.15, 0.2) is 0 Å². The Hall–Kier alpha value is -3.53. The molecule has 1 saturated heterocycles. The van der Waals surface area contributed by atoms with E-state index in [-0.39, 0.29) is 16.5 Å². The molecule has 148 valence electrons. The van der Waals surface area contributed by atoms with Gasteiger partial charge in [-0.1, -0.05) is 23.5 Å². The smallest absolute Gasteiger partial charge is 0.301 e. The van der Waals surface area contributed by atoms with Crippen molar-refractivity contribution in [3.63, 3.8) is 0 Å². The predicted molar refractivity (Wildman–Crippen MR) is 106 cm³/mol. The molecule has 0 aliphatic carbocycles. The van der Waals surface area contributed by atoms with E-state index < -0.39 is 17.7 Å². The zero-order valence-electron chi connectivity index (χ0n) is 15.9. The summed E-state index contributed by atoms with van der Waals surface area (Å²) in [5, 5.41) is 23.2. The summed E-state index contributed by atoms with van der Waals surface area (Å²) in [6.45, 7) is 1.87. The highest BCUT2D eigenvalue weighted by atomic mass is 32.1. The molecule has 0 bridgehead atoms. The summed E-state index contributed by atoms with van der Waals surface area (Å²) >= 11 is 1.13. The van der Waals surface area contributed by atoms with Crippen molar-refractivity contribution in [2.75, 3.05) is 12.0 Å². The summed E-state index contributed by atoms with van der Waals surface area (Å²) in [6, 6.07) is 4.20. The van der Waals surface area contributed by atoms with Crippen LogP contribution in [0.3, 0.4) is 0 Å². The third-order valence-corrected chi connectivity index (χ3v) is 5.41. The summed E-state index contributed by atoms with van der Waals surface area (Å²) in [7, 11) is 3.25. The number of benzene rings is 1. The fourth-order valence-corrected chi connectivity index (χ4v) is 3.91. The van der Waals surface area contributed by atoms with Crippen LogP contribution >= 0.6 is 11.3 Å². The lowest BCUT2D eigenvalue weighted by Gasteiger charge is -2.21. The standard InChI is InChI=1S/C19H17N5O4S/c1-10-4-5-11(6-13(10)28-3)16(25)14-15(12-7-21-23(2)8-12)24(18(27)17(14)26)19-22-20-9-29-19/h4-9,15,25H,1-3H3/b16-14+. The van der Waals surface area contributed by atoms with Crippen LogP contribution in [0.15, 0.2) is 41.7 Å². The SMILES string of the molecule is COc1cc(/C(O)=C2\C(=O)C(=O)N(c3nncs3)C2c2cnn(C)c2)ccc1C. The summed E-state index contributed by atoms with van der Waals surface area (Å²) in [4.78, 5) is 27.0. The second-order valence-electron chi connectivity index (χ2n) is 6.52. The van der Waals surface area contributed by atoms with E-state index in [4.69, 9.17) is 4.74 Å². The average Bonchev–Trinajstić information content (AvgIpc) is 3.43. The highest BCUT2D eigenvalue weighted by Crippen LogP contribution is 2.42. The number of nitrogens with zero attached hydrogens (tertiary/aromatic N) is 5. The molecule has 1 atom stereocenters. The fraction of sp³-hybridized carbons (Fsp3) is 0.211. The number of ketones is 1. The average molecular weight is 411 g/mol. The zero-order valence-corrected chi connectivity index (χ0v) is 16.7. The number of aromatic nitrogens is 4. The van der Waals surface area contributed by atoms with Crippen molar-refractivity contribution < 1.29 is 19.4 Å². The number of Topliss-reactive ketones (excluding diaryl/α,β-unsaturated/α-hetero) is 1. The molecule has 10 heteroatoms. The van der Waals surface area contributed by atoms with E-state index in [1.807, 2.05) is 6.92 Å². The molecule has 0 saturated carbocycles. The Morgan fingerprint density at radius 1 is 1.31 bits per heavy atom. The molecule has 1 amide bonds. The third kappa shape index (κ3) is 3.07. The molecule has 4 rings (SSSR count). The summed E-state index contributed by atoms with van der Waals surface area (Å²) in [5.74, 6) is -1.31. The van der Waals surface area contributed by atoms with Gasteiger partial charge in [0.2, 0.25) is 5.13 Å². The van der Waals surface area contributed by atoms with Crippen molar-refractivity contribution in [3.8, 4) is 5.75 Å². The highest BCUT2D eigenvalue weighted by molar-refractivity contribution is 7.13. The van der Waals surface area contributed by atoms with Crippen molar-refractivity contribution in [1.82, 2.24) is 20.0 Å². The molecular weight excluding hydrogens is 394 g/mol. The lowest BCUT2D eigenvalue weighted by Crippen LogP contribution is -2.29. The number of hydrogen-bond donors (Lipinski definition) is 1. The van der Waals surface area contributed by atoms with Gasteiger partial charge in [-0.25, -0.2) is 0 Å². The van der Waals surface area contributed by atoms with E-state index in [9.17, 15) is 14.7 Å². The number of aliphatic hydroxyl groups excluding tert-OH is 1. The van der Waals surface area contributed by atoms with Gasteiger partial charge in [0.1, 0.15) is 23.1 Å². The number of aliphatic hydroxyl groups is 1. The second kappa shape index (κ2) is 7.13. The number of ether oxygens (including phenoxy) is 1. The summed E-state index contributed by atoms with van der Waals surface area (Å²) in [6.07, 6.45) is 3.24. The van der Waals surface area contributed by atoms with Gasteiger partial charge in [0, 0.05) is 24.4 Å². The van der Waals surface area contributed by atoms with Gasteiger partial charge in [-0.05, 0) is 18.6 Å². The van der Waals surface area contributed by atoms with Gasteiger partial charge in [0.05, 0.1) is 18.9 Å². The highest BCUT2D eigenvalue weighted by Gasteiger charge is 2.48. The van der Waals surface area contributed by atoms with Crippen LogP contribution in [0.25, 0.3) is 5.76 Å². The molecule has 1 aliphatic heterocycles. The molecule has 2 aromatic heterocycles. The fourth-order valence-electron chi connectivity index (χ4n) is 3.32. The van der Waals surface area contributed by atoms with Crippen molar-refractivity contribution in [2.24, 2.45) is 7.05 Å². The molecule has 1 unspecified atom stereocenters. The molecular formula is C19H17N5O4S. The molecule has 3 heterocycles. The molecule has 1 fully saturated rings. The number of hydrogen-bond acceptors (Lipinski definition) is 8. The van der Waals surface area contributed by atoms with E-state index in [1.54, 1.807) is 42.3 Å². The van der Waals surface area contributed by atoms with E-state index >= 15 is 0 Å². The Morgan fingerprint density at radius 3 is 2.72 bits per heavy atom. The number of carbonyl (C=O) groups is 2. The van der Waals surface area contributed by atoms with Crippen LogP contribution in [0.1, 0.15) is 22.7 Å². The normalized spacial score (nSPS) is 18.4. The number of rotatable bonds is 4. The van der Waals surface area contributed by atoms with Crippen LogP contribution in [-0.2, 0) is 16.6 Å². The Kier molecular flexibility index (Phi) is 4.63. The Balaban J connectivity index is 1.93. The molecule has 1 N–H and O–H groups in total. The number of aryl methyl sites for hydroxylation is 2. The van der Waals surface area contributed by atoms with E-state index in [0.717, 1.165) is 16.9 Å². The summed E-state index contributed by atoms with van der Waals surface area (Å²) < 4.78 is 6.88. The number of anilines is 1. The maximum absolute atomic E-state index is 12.9. The van der Waals surface area contributed by atoms with E-state index in [0.29, 0.717) is 16.9 Å². The molecule has 3 aromatic rings. The minimum absolute atomic E-state index is 0.0379. The van der Waals surface area contributed by atoms with Crippen LogP contribution in [-0.4, -0.2) is 43.9 Å². The minimum atomic E-state index is -0.871. The van der Waals surface area contributed by atoms with Crippen LogP contribution in [0, 0.1) is 6.92 Å². The molecule has 1 aliphatic rings.